The summed E-state index contributed by atoms with van der Waals surface area (Å²) in [5.74, 6) is -1.11. The van der Waals surface area contributed by atoms with Crippen LogP contribution in [-0.4, -0.2) is 40.0 Å². The van der Waals surface area contributed by atoms with Crippen LogP contribution >= 0.6 is 11.6 Å². The number of hydrogen-bond donors (Lipinski definition) is 1. The second kappa shape index (κ2) is 10.3. The maximum absolute atomic E-state index is 13.0. The molecule has 7 nitrogen and oxygen atoms in total. The number of carbonyl (C=O) groups excluding carboxylic acids is 2. The molecule has 2 aromatic carbocycles. The van der Waals surface area contributed by atoms with Crippen molar-refractivity contribution in [3.8, 4) is 0 Å². The van der Waals surface area contributed by atoms with Crippen molar-refractivity contribution in [2.24, 2.45) is 0 Å². The Morgan fingerprint density at radius 2 is 1.77 bits per heavy atom. The number of nitrogens with zero attached hydrogens (tertiary/aromatic N) is 1. The SMILES string of the molecule is CNS(=O)(=O)c1cc(C(=O)OCC(=O)N(c2ccccc2)C2CCCCC2)ccc1Cl. The molecule has 31 heavy (non-hydrogen) atoms. The van der Waals surface area contributed by atoms with E-state index in [1.807, 2.05) is 30.3 Å². The highest BCUT2D eigenvalue weighted by Crippen LogP contribution is 2.28. The average Bonchev–Trinajstić information content (AvgIpc) is 2.79. The number of halogens is 1. The number of esters is 1. The van der Waals surface area contributed by atoms with Crippen LogP contribution in [0.15, 0.2) is 53.4 Å². The van der Waals surface area contributed by atoms with Gasteiger partial charge in [0.25, 0.3) is 5.91 Å². The van der Waals surface area contributed by atoms with Gasteiger partial charge in [-0.1, -0.05) is 49.1 Å². The molecule has 1 aliphatic rings. The lowest BCUT2D eigenvalue weighted by atomic mass is 9.93. The van der Waals surface area contributed by atoms with Crippen molar-refractivity contribution in [1.82, 2.24) is 4.72 Å². The minimum Gasteiger partial charge on any atom is -0.452 e. The lowest BCUT2D eigenvalue weighted by Crippen LogP contribution is -2.43. The number of amides is 1. The zero-order valence-corrected chi connectivity index (χ0v) is 18.8. The first-order chi connectivity index (χ1) is 14.8. The molecule has 1 amide bonds. The first-order valence-electron chi connectivity index (χ1n) is 10.1. The van der Waals surface area contributed by atoms with Crippen LogP contribution in [0.3, 0.4) is 0 Å². The predicted molar refractivity (Wildman–Crippen MR) is 119 cm³/mol. The Morgan fingerprint density at radius 1 is 1.10 bits per heavy atom. The van der Waals surface area contributed by atoms with Crippen molar-refractivity contribution in [1.29, 1.82) is 0 Å². The summed E-state index contributed by atoms with van der Waals surface area (Å²) in [6.07, 6.45) is 5.05. The molecule has 0 heterocycles. The number of hydrogen-bond acceptors (Lipinski definition) is 5. The summed E-state index contributed by atoms with van der Waals surface area (Å²) >= 11 is 5.96. The van der Waals surface area contributed by atoms with Crippen LogP contribution in [0.1, 0.15) is 42.5 Å². The third-order valence-electron chi connectivity index (χ3n) is 5.29. The molecule has 0 aromatic heterocycles. The standard InChI is InChI=1S/C22H25ClN2O5S/c1-24-31(28,29)20-14-16(12-13-19(20)23)22(27)30-15-21(26)25(17-8-4-2-5-9-17)18-10-6-3-7-11-18/h2,4-5,8-9,12-14,18,24H,3,6-7,10-11,15H2,1H3. The molecular weight excluding hydrogens is 440 g/mol. The van der Waals surface area contributed by atoms with Crippen molar-refractivity contribution in [3.05, 3.63) is 59.1 Å². The fraction of sp³-hybridized carbons (Fsp3) is 0.364. The third-order valence-corrected chi connectivity index (χ3v) is 7.19. The van der Waals surface area contributed by atoms with E-state index < -0.39 is 22.6 Å². The first-order valence-corrected chi connectivity index (χ1v) is 12.0. The van der Waals surface area contributed by atoms with Crippen LogP contribution < -0.4 is 9.62 Å². The monoisotopic (exact) mass is 464 g/mol. The molecule has 1 N–H and O–H groups in total. The van der Waals surface area contributed by atoms with Crippen molar-refractivity contribution >= 4 is 39.2 Å². The zero-order chi connectivity index (χ0) is 22.4. The van der Waals surface area contributed by atoms with Gasteiger partial charge in [0.2, 0.25) is 10.0 Å². The Kier molecular flexibility index (Phi) is 7.69. The minimum absolute atomic E-state index is 0.00467. The molecule has 2 aromatic rings. The normalized spacial score (nSPS) is 14.8. The second-order valence-corrected chi connectivity index (χ2v) is 9.58. The van der Waals surface area contributed by atoms with Gasteiger partial charge >= 0.3 is 5.97 Å². The van der Waals surface area contributed by atoms with Crippen molar-refractivity contribution in [2.75, 3.05) is 18.6 Å². The van der Waals surface area contributed by atoms with Gasteiger partial charge in [-0.25, -0.2) is 17.9 Å². The molecule has 1 fully saturated rings. The molecule has 166 valence electrons. The number of ether oxygens (including phenoxy) is 1. The molecule has 0 atom stereocenters. The van der Waals surface area contributed by atoms with E-state index in [0.717, 1.165) is 43.9 Å². The van der Waals surface area contributed by atoms with E-state index in [0.29, 0.717) is 0 Å². The molecule has 0 unspecified atom stereocenters. The summed E-state index contributed by atoms with van der Waals surface area (Å²) in [7, 11) is -2.60. The van der Waals surface area contributed by atoms with Gasteiger partial charge in [-0.05, 0) is 50.2 Å². The minimum atomic E-state index is -3.85. The van der Waals surface area contributed by atoms with Gasteiger partial charge in [0, 0.05) is 11.7 Å². The fourth-order valence-electron chi connectivity index (χ4n) is 3.71. The lowest BCUT2D eigenvalue weighted by Gasteiger charge is -2.34. The molecule has 1 saturated carbocycles. The van der Waals surface area contributed by atoms with Crippen molar-refractivity contribution in [3.63, 3.8) is 0 Å². The summed E-state index contributed by atoms with van der Waals surface area (Å²) in [5, 5.41) is -0.0190. The van der Waals surface area contributed by atoms with Crippen LogP contribution in [0.2, 0.25) is 5.02 Å². The van der Waals surface area contributed by atoms with Gasteiger partial charge in [0.15, 0.2) is 6.61 Å². The van der Waals surface area contributed by atoms with Crippen molar-refractivity contribution < 1.29 is 22.7 Å². The van der Waals surface area contributed by atoms with E-state index in [1.54, 1.807) is 4.90 Å². The quantitative estimate of drug-likeness (QED) is 0.629. The van der Waals surface area contributed by atoms with Crippen LogP contribution in [0, 0.1) is 0 Å². The summed E-state index contributed by atoms with van der Waals surface area (Å²) in [6.45, 7) is -0.443. The van der Waals surface area contributed by atoms with E-state index in [-0.39, 0.29) is 27.4 Å². The summed E-state index contributed by atoms with van der Waals surface area (Å²) < 4.78 is 31.5. The summed E-state index contributed by atoms with van der Waals surface area (Å²) in [4.78, 5) is 27.0. The van der Waals surface area contributed by atoms with Crippen molar-refractivity contribution in [2.45, 2.75) is 43.0 Å². The highest BCUT2D eigenvalue weighted by atomic mass is 35.5. The number of sulfonamides is 1. The summed E-state index contributed by atoms with van der Waals surface area (Å²) in [5.41, 5.74) is 0.763. The van der Waals surface area contributed by atoms with E-state index in [2.05, 4.69) is 4.72 Å². The molecule has 0 saturated heterocycles. The number of benzene rings is 2. The molecule has 3 rings (SSSR count). The van der Waals surface area contributed by atoms with Gasteiger partial charge in [-0.2, -0.15) is 0 Å². The van der Waals surface area contributed by atoms with Gasteiger partial charge in [0.1, 0.15) is 4.90 Å². The van der Waals surface area contributed by atoms with Gasteiger partial charge in [-0.3, -0.25) is 4.79 Å². The maximum Gasteiger partial charge on any atom is 0.338 e. The molecule has 0 bridgehead atoms. The van der Waals surface area contributed by atoms with E-state index in [1.165, 1.54) is 19.2 Å². The largest absolute Gasteiger partial charge is 0.452 e. The Balaban J connectivity index is 1.75. The van der Waals surface area contributed by atoms with Crippen LogP contribution in [0.5, 0.6) is 0 Å². The van der Waals surface area contributed by atoms with Gasteiger partial charge in [-0.15, -0.1) is 0 Å². The lowest BCUT2D eigenvalue weighted by molar-refractivity contribution is -0.122. The maximum atomic E-state index is 13.0. The Labute approximate surface area is 187 Å². The smallest absolute Gasteiger partial charge is 0.338 e. The number of anilines is 1. The highest BCUT2D eigenvalue weighted by Gasteiger charge is 2.28. The topological polar surface area (TPSA) is 92.8 Å². The molecule has 0 spiro atoms. The number of nitrogens with one attached hydrogen (secondary N) is 1. The zero-order valence-electron chi connectivity index (χ0n) is 17.2. The predicted octanol–water partition coefficient (Wildman–Crippen LogP) is 3.77. The fourth-order valence-corrected chi connectivity index (χ4v) is 4.96. The Hall–Kier alpha value is -2.42. The molecule has 9 heteroatoms. The number of carbonyl (C=O) groups is 2. The summed E-state index contributed by atoms with van der Waals surface area (Å²) in [6, 6.07) is 13.2. The van der Waals surface area contributed by atoms with E-state index in [9.17, 15) is 18.0 Å². The van der Waals surface area contributed by atoms with E-state index in [4.69, 9.17) is 16.3 Å². The second-order valence-electron chi connectivity index (χ2n) is 7.32. The Morgan fingerprint density at radius 3 is 2.42 bits per heavy atom. The highest BCUT2D eigenvalue weighted by molar-refractivity contribution is 7.89. The van der Waals surface area contributed by atoms with E-state index >= 15 is 0 Å². The number of para-hydroxylation sites is 1. The van der Waals surface area contributed by atoms with Crippen LogP contribution in [0.4, 0.5) is 5.69 Å². The van der Waals surface area contributed by atoms with Gasteiger partial charge in [0.05, 0.1) is 10.6 Å². The molecule has 0 aliphatic heterocycles. The average molecular weight is 465 g/mol. The molecular formula is C22H25ClN2O5S. The van der Waals surface area contributed by atoms with Gasteiger partial charge < -0.3 is 9.64 Å². The van der Waals surface area contributed by atoms with Crippen LogP contribution in [0.25, 0.3) is 0 Å². The number of rotatable bonds is 7. The molecule has 1 aliphatic carbocycles. The first kappa shape index (κ1) is 23.2. The van der Waals surface area contributed by atoms with Crippen LogP contribution in [-0.2, 0) is 19.6 Å². The molecule has 0 radical (unpaired) electrons. The Bertz CT molecular complexity index is 1040. The third kappa shape index (κ3) is 5.64.